The first-order valence-electron chi connectivity index (χ1n) is 13.0. The lowest BCUT2D eigenvalue weighted by atomic mass is 9.84. The molecule has 2 aliphatic heterocycles. The topological polar surface area (TPSA) is 62.2 Å². The number of benzene rings is 3. The number of rotatable bonds is 7. The van der Waals surface area contributed by atoms with Gasteiger partial charge in [0.15, 0.2) is 6.10 Å². The van der Waals surface area contributed by atoms with Crippen LogP contribution in [0.4, 0.5) is 0 Å². The third-order valence-electron chi connectivity index (χ3n) is 7.57. The molecule has 3 aromatic carbocycles. The first-order chi connectivity index (χ1) is 17.8. The number of hydrogen-bond donors (Lipinski definition) is 2. The summed E-state index contributed by atoms with van der Waals surface area (Å²) in [5.41, 5.74) is 5.50. The quantitative estimate of drug-likeness (QED) is 0.371. The van der Waals surface area contributed by atoms with Gasteiger partial charge in [-0.2, -0.15) is 0 Å². The Labute approximate surface area is 219 Å². The first-order valence-corrected chi connectivity index (χ1v) is 13.0. The average molecular weight is 498 g/mol. The molecule has 192 valence electrons. The highest BCUT2D eigenvalue weighted by Gasteiger charge is 2.31. The van der Waals surface area contributed by atoms with Crippen LogP contribution in [0.5, 0.6) is 23.0 Å². The molecule has 3 unspecified atom stereocenters. The van der Waals surface area contributed by atoms with E-state index in [1.54, 1.807) is 30.3 Å². The molecule has 1 saturated heterocycles. The van der Waals surface area contributed by atoms with Crippen LogP contribution in [0.1, 0.15) is 55.5 Å². The molecule has 5 nitrogen and oxygen atoms in total. The van der Waals surface area contributed by atoms with E-state index in [4.69, 9.17) is 9.47 Å². The van der Waals surface area contributed by atoms with Gasteiger partial charge in [0, 0.05) is 29.3 Å². The minimum atomic E-state index is -0.425. The number of allylic oxidation sites excluding steroid dienone is 1. The van der Waals surface area contributed by atoms with Crippen LogP contribution in [0, 0.1) is 5.92 Å². The fourth-order valence-electron chi connectivity index (χ4n) is 5.45. The van der Waals surface area contributed by atoms with E-state index in [1.165, 1.54) is 6.42 Å². The van der Waals surface area contributed by atoms with E-state index in [0.29, 0.717) is 18.4 Å². The van der Waals surface area contributed by atoms with E-state index in [1.807, 2.05) is 43.3 Å². The summed E-state index contributed by atoms with van der Waals surface area (Å²) in [5.74, 6) is 2.62. The zero-order chi connectivity index (χ0) is 26.1. The lowest BCUT2D eigenvalue weighted by Crippen LogP contribution is -2.35. The highest BCUT2D eigenvalue weighted by atomic mass is 16.5. The number of hydrogen-bond acceptors (Lipinski definition) is 5. The molecule has 3 atom stereocenters. The van der Waals surface area contributed by atoms with Gasteiger partial charge >= 0.3 is 0 Å². The Morgan fingerprint density at radius 1 is 1.11 bits per heavy atom. The van der Waals surface area contributed by atoms with Crippen molar-refractivity contribution in [2.45, 2.75) is 39.3 Å². The summed E-state index contributed by atoms with van der Waals surface area (Å²) in [6.07, 6.45) is 2.66. The molecule has 5 heteroatoms. The van der Waals surface area contributed by atoms with Gasteiger partial charge < -0.3 is 19.7 Å². The average Bonchev–Trinajstić information content (AvgIpc) is 3.33. The second-order valence-electron chi connectivity index (χ2n) is 10.3. The van der Waals surface area contributed by atoms with Crippen LogP contribution in [0.15, 0.2) is 67.2 Å². The van der Waals surface area contributed by atoms with Crippen LogP contribution in [-0.2, 0) is 0 Å². The lowest BCUT2D eigenvalue weighted by molar-refractivity contribution is 0.169. The standard InChI is InChI=1S/C32H35NO4/c1-5-23-16-27(36-19-21(3)33-14-13-20(2)18-33)10-11-28(23)32-31(24-7-6-8-25(34)15-24)22(4)29-17-26(35)9-12-30(29)37-32/h5-12,15-17,20-21,32,34-35H,1,13-14,18-19H2,2-4H3. The Kier molecular flexibility index (Phi) is 6.98. The zero-order valence-corrected chi connectivity index (χ0v) is 21.8. The Bertz CT molecular complexity index is 1340. The molecule has 2 heterocycles. The van der Waals surface area contributed by atoms with Gasteiger partial charge in [-0.05, 0) is 91.9 Å². The lowest BCUT2D eigenvalue weighted by Gasteiger charge is -2.32. The Morgan fingerprint density at radius 2 is 1.92 bits per heavy atom. The second kappa shape index (κ2) is 10.3. The third-order valence-corrected chi connectivity index (χ3v) is 7.57. The molecule has 0 bridgehead atoms. The summed E-state index contributed by atoms with van der Waals surface area (Å²) in [7, 11) is 0. The van der Waals surface area contributed by atoms with Gasteiger partial charge in [-0.15, -0.1) is 0 Å². The highest BCUT2D eigenvalue weighted by molar-refractivity contribution is 5.96. The summed E-state index contributed by atoms with van der Waals surface area (Å²) >= 11 is 0. The van der Waals surface area contributed by atoms with Crippen molar-refractivity contribution in [1.82, 2.24) is 4.90 Å². The van der Waals surface area contributed by atoms with Crippen LogP contribution in [0.25, 0.3) is 17.2 Å². The predicted octanol–water partition coefficient (Wildman–Crippen LogP) is 6.91. The normalized spacial score (nSPS) is 20.3. The first kappa shape index (κ1) is 25.0. The fraction of sp³-hybridized carbons (Fsp3) is 0.312. The molecule has 0 saturated carbocycles. The maximum absolute atomic E-state index is 10.2. The molecular formula is C32H35NO4. The van der Waals surface area contributed by atoms with E-state index in [2.05, 4.69) is 25.3 Å². The van der Waals surface area contributed by atoms with Crippen LogP contribution in [0.3, 0.4) is 0 Å². The van der Waals surface area contributed by atoms with Gasteiger partial charge in [0.05, 0.1) is 0 Å². The van der Waals surface area contributed by atoms with Crippen LogP contribution < -0.4 is 9.47 Å². The molecule has 0 aliphatic carbocycles. The molecule has 37 heavy (non-hydrogen) atoms. The van der Waals surface area contributed by atoms with Crippen molar-refractivity contribution in [3.8, 4) is 23.0 Å². The number of nitrogens with zero attached hydrogens (tertiary/aromatic N) is 1. The number of aromatic hydroxyl groups is 2. The molecule has 3 aromatic rings. The van der Waals surface area contributed by atoms with E-state index in [0.717, 1.165) is 58.2 Å². The molecule has 1 fully saturated rings. The monoisotopic (exact) mass is 497 g/mol. The Morgan fingerprint density at radius 3 is 2.65 bits per heavy atom. The SMILES string of the molecule is C=Cc1cc(OCC(C)N2CCC(C)C2)ccc1C1Oc2ccc(O)cc2C(C)=C1c1cccc(O)c1. The van der Waals surface area contributed by atoms with Crippen molar-refractivity contribution in [2.75, 3.05) is 19.7 Å². The van der Waals surface area contributed by atoms with Crippen molar-refractivity contribution in [3.05, 3.63) is 89.5 Å². The minimum Gasteiger partial charge on any atom is -0.508 e. The number of ether oxygens (including phenoxy) is 2. The van der Waals surface area contributed by atoms with Crippen molar-refractivity contribution in [3.63, 3.8) is 0 Å². The van der Waals surface area contributed by atoms with E-state index in [9.17, 15) is 10.2 Å². The van der Waals surface area contributed by atoms with Gasteiger partial charge in [-0.1, -0.05) is 37.8 Å². The number of phenolic OH excluding ortho intramolecular Hbond substituents is 2. The van der Waals surface area contributed by atoms with Crippen molar-refractivity contribution < 1.29 is 19.7 Å². The minimum absolute atomic E-state index is 0.182. The van der Waals surface area contributed by atoms with E-state index < -0.39 is 6.10 Å². The summed E-state index contributed by atoms with van der Waals surface area (Å²) in [5, 5.41) is 20.3. The largest absolute Gasteiger partial charge is 0.508 e. The zero-order valence-electron chi connectivity index (χ0n) is 21.8. The Balaban J connectivity index is 1.48. The summed E-state index contributed by atoms with van der Waals surface area (Å²) in [6.45, 7) is 13.5. The second-order valence-corrected chi connectivity index (χ2v) is 10.3. The molecule has 0 spiro atoms. The van der Waals surface area contributed by atoms with Gasteiger partial charge in [0.1, 0.15) is 29.6 Å². The maximum Gasteiger partial charge on any atom is 0.150 e. The summed E-state index contributed by atoms with van der Waals surface area (Å²) in [4.78, 5) is 2.49. The third kappa shape index (κ3) is 5.09. The van der Waals surface area contributed by atoms with E-state index >= 15 is 0 Å². The molecule has 2 N–H and O–H groups in total. The van der Waals surface area contributed by atoms with E-state index in [-0.39, 0.29) is 11.5 Å². The summed E-state index contributed by atoms with van der Waals surface area (Å²) in [6, 6.07) is 18.8. The molecule has 0 aromatic heterocycles. The van der Waals surface area contributed by atoms with Gasteiger partial charge in [-0.3, -0.25) is 4.90 Å². The number of phenols is 2. The number of fused-ring (bicyclic) bond motifs is 1. The van der Waals surface area contributed by atoms with Crippen molar-refractivity contribution in [1.29, 1.82) is 0 Å². The molecular weight excluding hydrogens is 462 g/mol. The highest BCUT2D eigenvalue weighted by Crippen LogP contribution is 2.48. The van der Waals surface area contributed by atoms with Gasteiger partial charge in [0.25, 0.3) is 0 Å². The molecule has 5 rings (SSSR count). The Hall–Kier alpha value is -3.70. The van der Waals surface area contributed by atoms with Crippen LogP contribution in [-0.4, -0.2) is 40.9 Å². The summed E-state index contributed by atoms with van der Waals surface area (Å²) < 4.78 is 12.8. The van der Waals surface area contributed by atoms with Crippen LogP contribution >= 0.6 is 0 Å². The van der Waals surface area contributed by atoms with Gasteiger partial charge in [0.2, 0.25) is 0 Å². The molecule has 0 amide bonds. The maximum atomic E-state index is 10.2. The molecule has 2 aliphatic rings. The van der Waals surface area contributed by atoms with Crippen molar-refractivity contribution in [2.24, 2.45) is 5.92 Å². The number of likely N-dealkylation sites (tertiary alicyclic amines) is 1. The van der Waals surface area contributed by atoms with Crippen molar-refractivity contribution >= 4 is 17.2 Å². The predicted molar refractivity (Wildman–Crippen MR) is 149 cm³/mol. The molecule has 0 radical (unpaired) electrons. The fourth-order valence-corrected chi connectivity index (χ4v) is 5.45. The van der Waals surface area contributed by atoms with Gasteiger partial charge in [-0.25, -0.2) is 0 Å². The smallest absolute Gasteiger partial charge is 0.150 e. The van der Waals surface area contributed by atoms with Crippen LogP contribution in [0.2, 0.25) is 0 Å².